The standard InChI is InChI=1S/C27H34F6O3/c1-23-9-2-4-18(6-5-17-14-19(34)16-20(35)15-17)21(23)7-8-22(23)24(12-13-24)10-3-11-25(36,26(28,29)30)27(31,32)33/h3,5-6,8,11,19-21,34-36H,2,4,7,9-10,12-16H2,1H3/b11-3+,18-6+/t19-,20-,21+,23+/m1/s1. The summed E-state index contributed by atoms with van der Waals surface area (Å²) in [7, 11) is 0. The normalized spacial score (nSPS) is 34.2. The SMILES string of the molecule is C[C@]12CCC/C(=C\C=C3C[C@@H](O)C[C@H](O)C3)[C@@H]1CC=C2C1(C/C=C/C(O)(C(F)(F)F)C(F)(F)F)CC1. The largest absolute Gasteiger partial charge is 0.429 e. The van der Waals surface area contributed by atoms with Crippen molar-refractivity contribution in [1.82, 2.24) is 0 Å². The second-order valence-electron chi connectivity index (χ2n) is 11.3. The van der Waals surface area contributed by atoms with Crippen LogP contribution < -0.4 is 0 Å². The smallest absolute Gasteiger partial charge is 0.393 e. The van der Waals surface area contributed by atoms with Gasteiger partial charge in [-0.1, -0.05) is 47.9 Å². The minimum Gasteiger partial charge on any atom is -0.393 e. The summed E-state index contributed by atoms with van der Waals surface area (Å²) in [5, 5.41) is 29.3. The molecule has 3 nitrogen and oxygen atoms in total. The zero-order chi connectivity index (χ0) is 26.6. The summed E-state index contributed by atoms with van der Waals surface area (Å²) < 4.78 is 78.2. The van der Waals surface area contributed by atoms with E-state index in [1.807, 2.05) is 6.08 Å². The molecule has 0 unspecified atom stereocenters. The van der Waals surface area contributed by atoms with E-state index in [9.17, 15) is 41.7 Å². The van der Waals surface area contributed by atoms with Gasteiger partial charge in [0.2, 0.25) is 0 Å². The zero-order valence-electron chi connectivity index (χ0n) is 20.3. The summed E-state index contributed by atoms with van der Waals surface area (Å²) in [4.78, 5) is 0. The van der Waals surface area contributed by atoms with Gasteiger partial charge in [-0.15, -0.1) is 0 Å². The van der Waals surface area contributed by atoms with Crippen LogP contribution in [-0.4, -0.2) is 45.5 Å². The van der Waals surface area contributed by atoms with E-state index in [0.717, 1.165) is 42.9 Å². The molecular weight excluding hydrogens is 486 g/mol. The summed E-state index contributed by atoms with van der Waals surface area (Å²) in [5.74, 6) is 0.209. The molecular formula is C27H34F6O3. The Balaban J connectivity index is 1.51. The van der Waals surface area contributed by atoms with E-state index in [1.165, 1.54) is 5.57 Å². The molecule has 0 amide bonds. The molecule has 0 aromatic heterocycles. The average molecular weight is 521 g/mol. The molecule has 0 aromatic carbocycles. The van der Waals surface area contributed by atoms with Gasteiger partial charge in [-0.05, 0) is 87.0 Å². The first-order valence-corrected chi connectivity index (χ1v) is 12.6. The molecule has 9 heteroatoms. The van der Waals surface area contributed by atoms with Gasteiger partial charge in [0.15, 0.2) is 0 Å². The first kappa shape index (κ1) is 27.5. The Kier molecular flexibility index (Phi) is 7.10. The maximum atomic E-state index is 13.0. The molecule has 202 valence electrons. The molecule has 3 saturated carbocycles. The van der Waals surface area contributed by atoms with Crippen LogP contribution in [0.3, 0.4) is 0 Å². The number of halogens is 6. The maximum absolute atomic E-state index is 13.0. The molecule has 3 fully saturated rings. The van der Waals surface area contributed by atoms with Crippen LogP contribution in [0.1, 0.15) is 71.1 Å². The predicted octanol–water partition coefficient (Wildman–Crippen LogP) is 6.46. The van der Waals surface area contributed by atoms with Crippen molar-refractivity contribution in [2.75, 3.05) is 0 Å². The first-order valence-electron chi connectivity index (χ1n) is 12.6. The summed E-state index contributed by atoms with van der Waals surface area (Å²) in [6.07, 6.45) is 0.484. The number of hydrogen-bond acceptors (Lipinski definition) is 3. The second-order valence-corrected chi connectivity index (χ2v) is 11.3. The summed E-state index contributed by atoms with van der Waals surface area (Å²) in [6, 6.07) is 0. The Labute approximate surface area is 207 Å². The van der Waals surface area contributed by atoms with Crippen molar-refractivity contribution >= 4 is 0 Å². The van der Waals surface area contributed by atoms with E-state index in [2.05, 4.69) is 19.1 Å². The predicted molar refractivity (Wildman–Crippen MR) is 123 cm³/mol. The van der Waals surface area contributed by atoms with Gasteiger partial charge in [0.25, 0.3) is 5.60 Å². The fraction of sp³-hybridized carbons (Fsp3) is 0.704. The lowest BCUT2D eigenvalue weighted by Gasteiger charge is -2.43. The number of aliphatic hydroxyl groups is 3. The summed E-state index contributed by atoms with van der Waals surface area (Å²) in [6.45, 7) is 2.15. The molecule has 4 atom stereocenters. The number of allylic oxidation sites excluding steroid dienone is 6. The van der Waals surface area contributed by atoms with Crippen LogP contribution in [-0.2, 0) is 0 Å². The fourth-order valence-corrected chi connectivity index (χ4v) is 6.71. The van der Waals surface area contributed by atoms with E-state index >= 15 is 0 Å². The monoisotopic (exact) mass is 520 g/mol. The molecule has 4 aliphatic carbocycles. The fourth-order valence-electron chi connectivity index (χ4n) is 6.71. The number of alkyl halides is 6. The molecule has 4 aliphatic rings. The Morgan fingerprint density at radius 2 is 1.58 bits per heavy atom. The van der Waals surface area contributed by atoms with Gasteiger partial charge in [0.05, 0.1) is 12.2 Å². The van der Waals surface area contributed by atoms with Crippen LogP contribution in [0.15, 0.2) is 47.1 Å². The molecule has 36 heavy (non-hydrogen) atoms. The van der Waals surface area contributed by atoms with E-state index in [-0.39, 0.29) is 23.8 Å². The van der Waals surface area contributed by atoms with Gasteiger partial charge in [0.1, 0.15) is 0 Å². The van der Waals surface area contributed by atoms with E-state index in [0.29, 0.717) is 32.1 Å². The van der Waals surface area contributed by atoms with Crippen molar-refractivity contribution in [2.45, 2.75) is 101 Å². The Morgan fingerprint density at radius 1 is 0.972 bits per heavy atom. The van der Waals surface area contributed by atoms with Crippen molar-refractivity contribution < 1.29 is 41.7 Å². The molecule has 0 bridgehead atoms. The number of fused-ring (bicyclic) bond motifs is 1. The lowest BCUT2D eigenvalue weighted by molar-refractivity contribution is -0.347. The van der Waals surface area contributed by atoms with Crippen LogP contribution in [0, 0.1) is 16.7 Å². The van der Waals surface area contributed by atoms with Crippen LogP contribution in [0.4, 0.5) is 26.3 Å². The Morgan fingerprint density at radius 3 is 2.14 bits per heavy atom. The molecule has 0 aliphatic heterocycles. The molecule has 0 saturated heterocycles. The summed E-state index contributed by atoms with van der Waals surface area (Å²) >= 11 is 0. The van der Waals surface area contributed by atoms with Crippen LogP contribution >= 0.6 is 0 Å². The first-order chi connectivity index (χ1) is 16.6. The van der Waals surface area contributed by atoms with Gasteiger partial charge >= 0.3 is 12.4 Å². The maximum Gasteiger partial charge on any atom is 0.429 e. The second kappa shape index (κ2) is 9.31. The van der Waals surface area contributed by atoms with Crippen molar-refractivity contribution in [3.63, 3.8) is 0 Å². The third-order valence-corrected chi connectivity index (χ3v) is 8.78. The van der Waals surface area contributed by atoms with Crippen molar-refractivity contribution in [2.24, 2.45) is 16.7 Å². The zero-order valence-corrected chi connectivity index (χ0v) is 20.3. The third kappa shape index (κ3) is 4.95. The van der Waals surface area contributed by atoms with Crippen molar-refractivity contribution in [1.29, 1.82) is 0 Å². The number of aliphatic hydroxyl groups excluding tert-OH is 2. The van der Waals surface area contributed by atoms with Gasteiger partial charge < -0.3 is 15.3 Å². The van der Waals surface area contributed by atoms with E-state index < -0.39 is 35.6 Å². The minimum absolute atomic E-state index is 0.0223. The highest BCUT2D eigenvalue weighted by atomic mass is 19.4. The molecule has 0 radical (unpaired) electrons. The van der Waals surface area contributed by atoms with Gasteiger partial charge in [-0.25, -0.2) is 0 Å². The highest BCUT2D eigenvalue weighted by molar-refractivity contribution is 5.40. The minimum atomic E-state index is -5.86. The average Bonchev–Trinajstić information content (AvgIpc) is 3.42. The molecule has 0 spiro atoms. The van der Waals surface area contributed by atoms with Gasteiger partial charge in [-0.2, -0.15) is 26.3 Å². The quantitative estimate of drug-likeness (QED) is 0.288. The van der Waals surface area contributed by atoms with Gasteiger partial charge in [0, 0.05) is 0 Å². The van der Waals surface area contributed by atoms with E-state index in [1.54, 1.807) is 0 Å². The Hall–Kier alpha value is -1.58. The van der Waals surface area contributed by atoms with Gasteiger partial charge in [-0.3, -0.25) is 0 Å². The summed E-state index contributed by atoms with van der Waals surface area (Å²) in [5.41, 5.74) is -2.17. The highest BCUT2D eigenvalue weighted by Crippen LogP contribution is 2.67. The molecule has 0 heterocycles. The van der Waals surface area contributed by atoms with Crippen molar-refractivity contribution in [3.05, 3.63) is 47.1 Å². The molecule has 0 aromatic rings. The third-order valence-electron chi connectivity index (χ3n) is 8.78. The van der Waals surface area contributed by atoms with Crippen LogP contribution in [0.5, 0.6) is 0 Å². The lowest BCUT2D eigenvalue weighted by atomic mass is 9.61. The highest BCUT2D eigenvalue weighted by Gasteiger charge is 2.69. The van der Waals surface area contributed by atoms with Crippen LogP contribution in [0.2, 0.25) is 0 Å². The number of hydrogen-bond donors (Lipinski definition) is 3. The van der Waals surface area contributed by atoms with E-state index in [4.69, 9.17) is 0 Å². The number of rotatable bonds is 5. The lowest BCUT2D eigenvalue weighted by Crippen LogP contribution is -2.55. The molecule has 4 rings (SSSR count). The Bertz CT molecular complexity index is 943. The van der Waals surface area contributed by atoms with Crippen molar-refractivity contribution in [3.8, 4) is 0 Å². The topological polar surface area (TPSA) is 60.7 Å². The molecule has 3 N–H and O–H groups in total. The van der Waals surface area contributed by atoms with Crippen LogP contribution in [0.25, 0.3) is 0 Å².